The summed E-state index contributed by atoms with van der Waals surface area (Å²) in [5.41, 5.74) is 7.28. The van der Waals surface area contributed by atoms with Crippen LogP contribution in [0.5, 0.6) is 0 Å². The van der Waals surface area contributed by atoms with Gasteiger partial charge in [0.15, 0.2) is 0 Å². The molecule has 0 aliphatic heterocycles. The van der Waals surface area contributed by atoms with Crippen molar-refractivity contribution in [2.24, 2.45) is 5.73 Å². The van der Waals surface area contributed by atoms with Gasteiger partial charge >= 0.3 is 0 Å². The van der Waals surface area contributed by atoms with Crippen LogP contribution in [0.4, 0.5) is 0 Å². The van der Waals surface area contributed by atoms with Crippen molar-refractivity contribution in [3.05, 3.63) is 35.9 Å². The van der Waals surface area contributed by atoms with Gasteiger partial charge in [-0.2, -0.15) is 0 Å². The van der Waals surface area contributed by atoms with Gasteiger partial charge < -0.3 is 22.6 Å². The van der Waals surface area contributed by atoms with Crippen LogP contribution in [0, 0.1) is 0 Å². The molecule has 1 rings (SSSR count). The summed E-state index contributed by atoms with van der Waals surface area (Å²) in [6.45, 7) is 4.25. The second-order valence-electron chi connectivity index (χ2n) is 9.25. The Balaban J connectivity index is 0.00000784. The van der Waals surface area contributed by atoms with Gasteiger partial charge in [-0.15, -0.1) is 0 Å². The number of quaternary nitrogens is 1. The highest BCUT2D eigenvalue weighted by Gasteiger charge is 2.28. The third-order valence-electron chi connectivity index (χ3n) is 6.30. The molecule has 0 aliphatic carbocycles. The number of nitrogens with two attached hydrogens (primary N) is 1. The molecule has 0 radical (unpaired) electrons. The van der Waals surface area contributed by atoms with Crippen molar-refractivity contribution in [1.29, 1.82) is 0 Å². The molecule has 0 bridgehead atoms. The zero-order valence-corrected chi connectivity index (χ0v) is 20.4. The van der Waals surface area contributed by atoms with Gasteiger partial charge in [0.2, 0.25) is 0 Å². The average Bonchev–Trinajstić information content (AvgIpc) is 2.70. The molecule has 29 heavy (non-hydrogen) atoms. The SMILES string of the molecule is CCCCCCCCCCCCCCC(c1ccccc1)[N+](C)(C)CCCN.[Cl-]. The van der Waals surface area contributed by atoms with Crippen molar-refractivity contribution in [3.8, 4) is 0 Å². The number of hydrogen-bond donors (Lipinski definition) is 1. The predicted octanol–water partition coefficient (Wildman–Crippen LogP) is 4.25. The predicted molar refractivity (Wildman–Crippen MR) is 126 cm³/mol. The minimum absolute atomic E-state index is 0. The standard InChI is InChI=1S/C26H49N2.ClH/c1-4-5-6-7-8-9-10-11-12-13-14-18-22-26(25-20-16-15-17-21-25)28(2,3)24-19-23-27;/h15-17,20-21,26H,4-14,18-19,22-24,27H2,1-3H3;1H/q+1;/p-1. The second-order valence-corrected chi connectivity index (χ2v) is 9.25. The fraction of sp³-hybridized carbons (Fsp3) is 0.769. The third kappa shape index (κ3) is 13.4. The summed E-state index contributed by atoms with van der Waals surface area (Å²) >= 11 is 0. The van der Waals surface area contributed by atoms with Gasteiger partial charge in [-0.1, -0.05) is 108 Å². The Kier molecular flexibility index (Phi) is 17.9. The Morgan fingerprint density at radius 2 is 1.21 bits per heavy atom. The molecule has 0 amide bonds. The van der Waals surface area contributed by atoms with Gasteiger partial charge in [-0.3, -0.25) is 0 Å². The van der Waals surface area contributed by atoms with E-state index in [9.17, 15) is 0 Å². The highest BCUT2D eigenvalue weighted by Crippen LogP contribution is 2.31. The first kappa shape index (κ1) is 28.4. The van der Waals surface area contributed by atoms with Gasteiger partial charge in [0.05, 0.1) is 20.6 Å². The van der Waals surface area contributed by atoms with E-state index in [2.05, 4.69) is 51.4 Å². The van der Waals surface area contributed by atoms with Gasteiger partial charge in [0, 0.05) is 18.4 Å². The summed E-state index contributed by atoms with van der Waals surface area (Å²) in [7, 11) is 4.77. The number of benzene rings is 1. The molecule has 1 aromatic rings. The molecule has 1 atom stereocenters. The lowest BCUT2D eigenvalue weighted by atomic mass is 9.96. The van der Waals surface area contributed by atoms with Crippen molar-refractivity contribution >= 4 is 0 Å². The molecule has 170 valence electrons. The zero-order valence-electron chi connectivity index (χ0n) is 19.7. The third-order valence-corrected chi connectivity index (χ3v) is 6.30. The zero-order chi connectivity index (χ0) is 20.5. The Morgan fingerprint density at radius 3 is 1.69 bits per heavy atom. The van der Waals surface area contributed by atoms with Crippen LogP contribution < -0.4 is 18.1 Å². The summed E-state index contributed by atoms with van der Waals surface area (Å²) in [6.07, 6.45) is 19.4. The molecule has 2 N–H and O–H groups in total. The topological polar surface area (TPSA) is 26.0 Å². The molecule has 1 unspecified atom stereocenters. The maximum atomic E-state index is 5.78. The lowest BCUT2D eigenvalue weighted by Crippen LogP contribution is -3.00. The first-order valence-corrected chi connectivity index (χ1v) is 12.2. The van der Waals surface area contributed by atoms with Crippen LogP contribution in [0.2, 0.25) is 0 Å². The monoisotopic (exact) mass is 424 g/mol. The quantitative estimate of drug-likeness (QED) is 0.276. The van der Waals surface area contributed by atoms with E-state index in [0.29, 0.717) is 6.04 Å². The number of rotatable bonds is 18. The van der Waals surface area contributed by atoms with Crippen LogP contribution >= 0.6 is 0 Å². The second kappa shape index (κ2) is 18.2. The Morgan fingerprint density at radius 1 is 0.724 bits per heavy atom. The van der Waals surface area contributed by atoms with E-state index in [1.807, 2.05) is 0 Å². The fourth-order valence-electron chi connectivity index (χ4n) is 4.43. The van der Waals surface area contributed by atoms with Crippen LogP contribution in [0.15, 0.2) is 30.3 Å². The summed E-state index contributed by atoms with van der Waals surface area (Å²) in [6, 6.07) is 11.7. The maximum Gasteiger partial charge on any atom is 0.114 e. The minimum atomic E-state index is 0. The summed E-state index contributed by atoms with van der Waals surface area (Å²) in [4.78, 5) is 0. The minimum Gasteiger partial charge on any atom is -1.00 e. The average molecular weight is 425 g/mol. The van der Waals surface area contributed by atoms with Crippen molar-refractivity contribution in [2.45, 2.75) is 103 Å². The first-order chi connectivity index (χ1) is 13.6. The number of hydrogen-bond acceptors (Lipinski definition) is 1. The molecule has 2 nitrogen and oxygen atoms in total. The highest BCUT2D eigenvalue weighted by atomic mass is 35.5. The van der Waals surface area contributed by atoms with Crippen LogP contribution in [-0.2, 0) is 0 Å². The molecule has 3 heteroatoms. The van der Waals surface area contributed by atoms with E-state index in [1.165, 1.54) is 89.0 Å². The van der Waals surface area contributed by atoms with Crippen LogP contribution in [0.3, 0.4) is 0 Å². The summed E-state index contributed by atoms with van der Waals surface area (Å²) in [5.74, 6) is 0. The summed E-state index contributed by atoms with van der Waals surface area (Å²) < 4.78 is 1.05. The van der Waals surface area contributed by atoms with Gasteiger partial charge in [-0.25, -0.2) is 0 Å². The van der Waals surface area contributed by atoms with E-state index in [1.54, 1.807) is 0 Å². The lowest BCUT2D eigenvalue weighted by Gasteiger charge is -2.38. The molecule has 0 aromatic heterocycles. The largest absolute Gasteiger partial charge is 1.00 e. The molecule has 0 saturated heterocycles. The molecular formula is C26H49ClN2. The van der Waals surface area contributed by atoms with Gasteiger partial charge in [-0.05, 0) is 13.0 Å². The lowest BCUT2D eigenvalue weighted by molar-refractivity contribution is -0.921. The molecule has 0 saturated carbocycles. The van der Waals surface area contributed by atoms with Gasteiger partial charge in [0.25, 0.3) is 0 Å². The van der Waals surface area contributed by atoms with Crippen LogP contribution in [0.1, 0.15) is 108 Å². The highest BCUT2D eigenvalue weighted by molar-refractivity contribution is 5.17. The van der Waals surface area contributed by atoms with Crippen molar-refractivity contribution in [3.63, 3.8) is 0 Å². The number of halogens is 1. The molecule has 0 fully saturated rings. The van der Waals surface area contributed by atoms with Crippen molar-refractivity contribution in [2.75, 3.05) is 27.2 Å². The van der Waals surface area contributed by atoms with E-state index in [-0.39, 0.29) is 12.4 Å². The van der Waals surface area contributed by atoms with E-state index >= 15 is 0 Å². The fourth-order valence-corrected chi connectivity index (χ4v) is 4.43. The number of nitrogens with zero attached hydrogens (tertiary/aromatic N) is 1. The van der Waals surface area contributed by atoms with E-state index in [0.717, 1.165) is 24.0 Å². The maximum absolute atomic E-state index is 5.78. The Hall–Kier alpha value is -0.570. The first-order valence-electron chi connectivity index (χ1n) is 12.2. The molecule has 1 aromatic carbocycles. The normalized spacial score (nSPS) is 12.6. The van der Waals surface area contributed by atoms with E-state index < -0.39 is 0 Å². The Bertz CT molecular complexity index is 461. The summed E-state index contributed by atoms with van der Waals surface area (Å²) in [5, 5.41) is 0. The van der Waals surface area contributed by atoms with Crippen LogP contribution in [0.25, 0.3) is 0 Å². The van der Waals surface area contributed by atoms with Gasteiger partial charge in [0.1, 0.15) is 6.04 Å². The smallest absolute Gasteiger partial charge is 0.114 e. The molecular weight excluding hydrogens is 376 g/mol. The molecule has 0 aliphatic rings. The van der Waals surface area contributed by atoms with Crippen LogP contribution in [-0.4, -0.2) is 31.7 Å². The molecule has 0 spiro atoms. The molecule has 0 heterocycles. The van der Waals surface area contributed by atoms with Crippen molar-refractivity contribution < 1.29 is 16.9 Å². The van der Waals surface area contributed by atoms with Crippen molar-refractivity contribution in [1.82, 2.24) is 0 Å². The number of unbranched alkanes of at least 4 members (excludes halogenated alkanes) is 11. The Labute approximate surface area is 188 Å². The van der Waals surface area contributed by atoms with E-state index in [4.69, 9.17) is 5.73 Å².